The molecular formula is C17H25F3N2O. The van der Waals surface area contributed by atoms with Gasteiger partial charge in [-0.15, -0.1) is 0 Å². The zero-order valence-corrected chi connectivity index (χ0v) is 14.0. The Balaban J connectivity index is 2.25. The van der Waals surface area contributed by atoms with E-state index in [9.17, 15) is 13.2 Å². The van der Waals surface area contributed by atoms with E-state index in [1.807, 2.05) is 20.8 Å². The average molecular weight is 330 g/mol. The largest absolute Gasteiger partial charge is 0.488 e. The second-order valence-corrected chi connectivity index (χ2v) is 6.60. The van der Waals surface area contributed by atoms with Gasteiger partial charge >= 0.3 is 6.18 Å². The molecule has 6 heteroatoms. The first-order valence-electron chi connectivity index (χ1n) is 8.03. The van der Waals surface area contributed by atoms with Crippen LogP contribution < -0.4 is 10.1 Å². The van der Waals surface area contributed by atoms with E-state index in [-0.39, 0.29) is 5.75 Å². The van der Waals surface area contributed by atoms with E-state index in [0.717, 1.165) is 38.7 Å². The number of benzene rings is 1. The normalized spacial score (nSPS) is 17.3. The molecule has 1 aliphatic rings. The summed E-state index contributed by atoms with van der Waals surface area (Å²) in [7, 11) is 0. The molecule has 23 heavy (non-hydrogen) atoms. The van der Waals surface area contributed by atoms with Crippen LogP contribution in [-0.2, 0) is 12.7 Å². The van der Waals surface area contributed by atoms with Crippen LogP contribution in [0.4, 0.5) is 13.2 Å². The fourth-order valence-corrected chi connectivity index (χ4v) is 2.49. The van der Waals surface area contributed by atoms with Gasteiger partial charge in [-0.1, -0.05) is 6.92 Å². The van der Waals surface area contributed by atoms with E-state index in [4.69, 9.17) is 4.74 Å². The SMILES string of the molecule is CCC(C)(C)Oc1cc(CN2CCNCC2)cc(C(F)(F)F)c1. The zero-order valence-electron chi connectivity index (χ0n) is 14.0. The number of hydrogen-bond acceptors (Lipinski definition) is 3. The Morgan fingerprint density at radius 3 is 2.35 bits per heavy atom. The van der Waals surface area contributed by atoms with E-state index in [1.165, 1.54) is 6.07 Å². The number of halogens is 3. The molecule has 0 radical (unpaired) electrons. The van der Waals surface area contributed by atoms with Crippen molar-refractivity contribution in [3.05, 3.63) is 29.3 Å². The third-order valence-electron chi connectivity index (χ3n) is 4.16. The minimum atomic E-state index is -4.37. The van der Waals surface area contributed by atoms with Crippen molar-refractivity contribution in [2.24, 2.45) is 0 Å². The summed E-state index contributed by atoms with van der Waals surface area (Å²) in [6, 6.07) is 4.06. The van der Waals surface area contributed by atoms with Gasteiger partial charge in [-0.3, -0.25) is 4.90 Å². The standard InChI is InChI=1S/C17H25F3N2O/c1-4-16(2,3)23-15-10-13(9-14(11-15)17(18,19)20)12-22-7-5-21-6-8-22/h9-11,21H,4-8,12H2,1-3H3. The number of nitrogens with zero attached hydrogens (tertiary/aromatic N) is 1. The molecule has 1 saturated heterocycles. The van der Waals surface area contributed by atoms with Crippen LogP contribution in [0.25, 0.3) is 0 Å². The van der Waals surface area contributed by atoms with Crippen molar-refractivity contribution in [1.82, 2.24) is 10.2 Å². The number of ether oxygens (including phenoxy) is 1. The maximum absolute atomic E-state index is 13.2. The van der Waals surface area contributed by atoms with E-state index in [2.05, 4.69) is 10.2 Å². The fraction of sp³-hybridized carbons (Fsp3) is 0.647. The van der Waals surface area contributed by atoms with E-state index in [1.54, 1.807) is 6.07 Å². The molecule has 0 amide bonds. The molecular weight excluding hydrogens is 305 g/mol. The Kier molecular flexibility index (Phi) is 5.57. The summed E-state index contributed by atoms with van der Waals surface area (Å²) in [5, 5.41) is 3.24. The lowest BCUT2D eigenvalue weighted by molar-refractivity contribution is -0.137. The van der Waals surface area contributed by atoms with Crippen molar-refractivity contribution in [2.75, 3.05) is 26.2 Å². The minimum Gasteiger partial charge on any atom is -0.488 e. The van der Waals surface area contributed by atoms with Gasteiger partial charge in [0.25, 0.3) is 0 Å². The number of nitrogens with one attached hydrogen (secondary N) is 1. The summed E-state index contributed by atoms with van der Waals surface area (Å²) in [6.45, 7) is 9.63. The molecule has 1 N–H and O–H groups in total. The van der Waals surface area contributed by atoms with Crippen LogP contribution in [0.5, 0.6) is 5.75 Å². The Hall–Kier alpha value is -1.27. The van der Waals surface area contributed by atoms with Gasteiger partial charge in [0.1, 0.15) is 11.4 Å². The lowest BCUT2D eigenvalue weighted by atomic mass is 10.1. The van der Waals surface area contributed by atoms with Gasteiger partial charge in [-0.25, -0.2) is 0 Å². The molecule has 1 aromatic carbocycles. The first kappa shape index (κ1) is 18.1. The molecule has 0 aromatic heterocycles. The second kappa shape index (κ2) is 7.09. The molecule has 0 bridgehead atoms. The number of rotatable bonds is 5. The molecule has 130 valence electrons. The lowest BCUT2D eigenvalue weighted by Crippen LogP contribution is -2.42. The Morgan fingerprint density at radius 1 is 1.13 bits per heavy atom. The van der Waals surface area contributed by atoms with Crippen molar-refractivity contribution in [2.45, 2.75) is 45.5 Å². The van der Waals surface area contributed by atoms with Gasteiger partial charge in [0.05, 0.1) is 5.56 Å². The predicted molar refractivity (Wildman–Crippen MR) is 84.6 cm³/mol. The summed E-state index contributed by atoms with van der Waals surface area (Å²) >= 11 is 0. The molecule has 0 atom stereocenters. The Morgan fingerprint density at radius 2 is 1.78 bits per heavy atom. The third kappa shape index (κ3) is 5.39. The highest BCUT2D eigenvalue weighted by Gasteiger charge is 2.32. The van der Waals surface area contributed by atoms with Gasteiger partial charge in [0.15, 0.2) is 0 Å². The van der Waals surface area contributed by atoms with Crippen LogP contribution in [0.15, 0.2) is 18.2 Å². The fourth-order valence-electron chi connectivity index (χ4n) is 2.49. The van der Waals surface area contributed by atoms with E-state index >= 15 is 0 Å². The van der Waals surface area contributed by atoms with Crippen LogP contribution >= 0.6 is 0 Å². The highest BCUT2D eigenvalue weighted by molar-refractivity contribution is 5.36. The molecule has 1 aliphatic heterocycles. The zero-order chi connectivity index (χ0) is 17.1. The van der Waals surface area contributed by atoms with Crippen molar-refractivity contribution >= 4 is 0 Å². The highest BCUT2D eigenvalue weighted by atomic mass is 19.4. The highest BCUT2D eigenvalue weighted by Crippen LogP contribution is 2.34. The first-order valence-corrected chi connectivity index (χ1v) is 8.03. The number of alkyl halides is 3. The maximum atomic E-state index is 13.2. The van der Waals surface area contributed by atoms with Gasteiger partial charge in [-0.2, -0.15) is 13.2 Å². The molecule has 0 unspecified atom stereocenters. The van der Waals surface area contributed by atoms with E-state index < -0.39 is 17.3 Å². The lowest BCUT2D eigenvalue weighted by Gasteiger charge is -2.29. The van der Waals surface area contributed by atoms with Crippen LogP contribution in [0.3, 0.4) is 0 Å². The molecule has 1 fully saturated rings. The molecule has 2 rings (SSSR count). The first-order chi connectivity index (χ1) is 10.7. The average Bonchev–Trinajstić information content (AvgIpc) is 2.46. The van der Waals surface area contributed by atoms with Crippen molar-refractivity contribution in [3.8, 4) is 5.75 Å². The van der Waals surface area contributed by atoms with Gasteiger partial charge < -0.3 is 10.1 Å². The van der Waals surface area contributed by atoms with Gasteiger partial charge in [-0.05, 0) is 44.0 Å². The summed E-state index contributed by atoms with van der Waals surface area (Å²) in [5.41, 5.74) is -0.494. The quantitative estimate of drug-likeness (QED) is 0.891. The maximum Gasteiger partial charge on any atom is 0.416 e. The third-order valence-corrected chi connectivity index (χ3v) is 4.16. The van der Waals surface area contributed by atoms with Gasteiger partial charge in [0, 0.05) is 32.7 Å². The Bertz CT molecular complexity index is 523. The van der Waals surface area contributed by atoms with Crippen LogP contribution in [-0.4, -0.2) is 36.7 Å². The second-order valence-electron chi connectivity index (χ2n) is 6.60. The predicted octanol–water partition coefficient (Wildman–Crippen LogP) is 3.68. The summed E-state index contributed by atoms with van der Waals surface area (Å²) < 4.78 is 45.3. The van der Waals surface area contributed by atoms with Crippen molar-refractivity contribution in [3.63, 3.8) is 0 Å². The van der Waals surface area contributed by atoms with Crippen molar-refractivity contribution in [1.29, 1.82) is 0 Å². The summed E-state index contributed by atoms with van der Waals surface area (Å²) in [4.78, 5) is 2.15. The molecule has 3 nitrogen and oxygen atoms in total. The van der Waals surface area contributed by atoms with E-state index in [0.29, 0.717) is 12.1 Å². The minimum absolute atomic E-state index is 0.289. The smallest absolute Gasteiger partial charge is 0.416 e. The molecule has 0 spiro atoms. The molecule has 1 aromatic rings. The van der Waals surface area contributed by atoms with Crippen LogP contribution in [0, 0.1) is 0 Å². The monoisotopic (exact) mass is 330 g/mol. The van der Waals surface area contributed by atoms with Crippen LogP contribution in [0.2, 0.25) is 0 Å². The summed E-state index contributed by atoms with van der Waals surface area (Å²) in [5.74, 6) is 0.289. The molecule has 1 heterocycles. The topological polar surface area (TPSA) is 24.5 Å². The molecule has 0 saturated carbocycles. The van der Waals surface area contributed by atoms with Gasteiger partial charge in [0.2, 0.25) is 0 Å². The summed E-state index contributed by atoms with van der Waals surface area (Å²) in [6.07, 6.45) is -3.65. The molecule has 0 aliphatic carbocycles. The number of hydrogen-bond donors (Lipinski definition) is 1. The number of piperazine rings is 1. The van der Waals surface area contributed by atoms with Crippen LogP contribution in [0.1, 0.15) is 38.3 Å². The van der Waals surface area contributed by atoms with Crippen molar-refractivity contribution < 1.29 is 17.9 Å². The Labute approximate surface area is 135 Å².